The maximum absolute atomic E-state index is 2.48. The highest BCUT2D eigenvalue weighted by atomic mass is 32.1. The van der Waals surface area contributed by atoms with Gasteiger partial charge in [-0.3, -0.25) is 0 Å². The molecule has 0 fully saturated rings. The lowest BCUT2D eigenvalue weighted by atomic mass is 9.69. The number of hydrogen-bond donors (Lipinski definition) is 0. The molecule has 0 radical (unpaired) electrons. The molecule has 0 atom stereocenters. The summed E-state index contributed by atoms with van der Waals surface area (Å²) >= 11 is 1.89. The molecule has 1 heteroatoms. The van der Waals surface area contributed by atoms with Gasteiger partial charge >= 0.3 is 0 Å². The minimum atomic E-state index is -0.420. The maximum atomic E-state index is 2.48. The fourth-order valence-electron chi connectivity index (χ4n) is 8.86. The molecule has 1 spiro atoms. The van der Waals surface area contributed by atoms with Gasteiger partial charge in [-0.05, 0) is 102 Å². The number of rotatable bonds is 2. The van der Waals surface area contributed by atoms with E-state index in [1.165, 1.54) is 97.7 Å². The summed E-state index contributed by atoms with van der Waals surface area (Å²) in [6.07, 6.45) is 0. The molecule has 1 heterocycles. The van der Waals surface area contributed by atoms with E-state index in [0.29, 0.717) is 0 Å². The Morgan fingerprint density at radius 2 is 0.917 bits per heavy atom. The first-order valence-corrected chi connectivity index (χ1v) is 17.5. The minimum absolute atomic E-state index is 0.420. The van der Waals surface area contributed by atoms with E-state index in [2.05, 4.69) is 170 Å². The Bertz CT molecular complexity index is 2740. The smallest absolute Gasteiger partial charge is 0.0731 e. The molecule has 0 aliphatic heterocycles. The standard InChI is InChI=1S/C47H28S/c1-2-10-29(11-3-1)32-21-23-36-39-25-20-30-18-19-31(33-22-24-38-37-14-6-9-17-44(37)48-45(38)28-33)26-40(30)46(39)47(43(36)27-32)41-15-7-4-12-34(41)35-13-5-8-16-42(35)47/h1-28H. The first-order chi connectivity index (χ1) is 23.8. The Labute approximate surface area is 283 Å². The van der Waals surface area contributed by atoms with Gasteiger partial charge in [-0.25, -0.2) is 0 Å². The molecular weight excluding hydrogens is 597 g/mol. The molecule has 2 aliphatic carbocycles. The maximum Gasteiger partial charge on any atom is 0.0731 e. The van der Waals surface area contributed by atoms with Gasteiger partial charge < -0.3 is 0 Å². The molecule has 2 aliphatic rings. The second-order valence-electron chi connectivity index (χ2n) is 13.2. The first kappa shape index (κ1) is 26.3. The van der Waals surface area contributed by atoms with E-state index in [0.717, 1.165) is 0 Å². The van der Waals surface area contributed by atoms with Gasteiger partial charge in [0.2, 0.25) is 0 Å². The van der Waals surface area contributed by atoms with Gasteiger partial charge in [0, 0.05) is 20.2 Å². The Morgan fingerprint density at radius 1 is 0.333 bits per heavy atom. The van der Waals surface area contributed by atoms with Crippen molar-refractivity contribution in [2.45, 2.75) is 5.41 Å². The van der Waals surface area contributed by atoms with E-state index in [-0.39, 0.29) is 0 Å². The van der Waals surface area contributed by atoms with Crippen LogP contribution in [0.2, 0.25) is 0 Å². The zero-order valence-electron chi connectivity index (χ0n) is 26.1. The molecule has 9 aromatic rings. The van der Waals surface area contributed by atoms with Crippen molar-refractivity contribution in [1.82, 2.24) is 0 Å². The van der Waals surface area contributed by atoms with E-state index in [1.807, 2.05) is 11.3 Å². The van der Waals surface area contributed by atoms with Crippen LogP contribution in [0.25, 0.3) is 75.5 Å². The first-order valence-electron chi connectivity index (χ1n) is 16.7. The number of benzene rings is 8. The lowest BCUT2D eigenvalue weighted by molar-refractivity contribution is 0.801. The topological polar surface area (TPSA) is 0 Å². The molecular formula is C47H28S. The van der Waals surface area contributed by atoms with Crippen molar-refractivity contribution in [3.05, 3.63) is 192 Å². The van der Waals surface area contributed by atoms with E-state index >= 15 is 0 Å². The van der Waals surface area contributed by atoms with Gasteiger partial charge in [-0.2, -0.15) is 0 Å². The van der Waals surface area contributed by atoms with Gasteiger partial charge in [0.25, 0.3) is 0 Å². The lowest BCUT2D eigenvalue weighted by Gasteiger charge is -2.32. The molecule has 11 rings (SSSR count). The van der Waals surface area contributed by atoms with E-state index in [1.54, 1.807) is 0 Å². The molecule has 0 saturated heterocycles. The van der Waals surface area contributed by atoms with Crippen LogP contribution >= 0.6 is 11.3 Å². The third-order valence-corrected chi connectivity index (χ3v) is 12.0. The summed E-state index contributed by atoms with van der Waals surface area (Å²) in [5.41, 5.74) is 15.5. The second-order valence-corrected chi connectivity index (χ2v) is 14.3. The van der Waals surface area contributed by atoms with Crippen LogP contribution in [-0.4, -0.2) is 0 Å². The molecule has 8 aromatic carbocycles. The van der Waals surface area contributed by atoms with Crippen LogP contribution in [-0.2, 0) is 5.41 Å². The third kappa shape index (κ3) is 3.39. The Hall–Kier alpha value is -5.76. The van der Waals surface area contributed by atoms with Gasteiger partial charge in [-0.15, -0.1) is 11.3 Å². The highest BCUT2D eigenvalue weighted by Crippen LogP contribution is 2.64. The molecule has 0 nitrogen and oxygen atoms in total. The summed E-state index contributed by atoms with van der Waals surface area (Å²) in [6, 6.07) is 63.8. The van der Waals surface area contributed by atoms with E-state index in [4.69, 9.17) is 0 Å². The normalized spacial score (nSPS) is 13.6. The van der Waals surface area contributed by atoms with Crippen LogP contribution in [0.5, 0.6) is 0 Å². The van der Waals surface area contributed by atoms with Gasteiger partial charge in [0.05, 0.1) is 5.41 Å². The summed E-state index contributed by atoms with van der Waals surface area (Å²) < 4.78 is 2.68. The molecule has 48 heavy (non-hydrogen) atoms. The van der Waals surface area contributed by atoms with Crippen molar-refractivity contribution in [1.29, 1.82) is 0 Å². The number of hydrogen-bond acceptors (Lipinski definition) is 1. The van der Waals surface area contributed by atoms with E-state index < -0.39 is 5.41 Å². The van der Waals surface area contributed by atoms with Gasteiger partial charge in [0.1, 0.15) is 0 Å². The summed E-state index contributed by atoms with van der Waals surface area (Å²) in [6.45, 7) is 0. The molecule has 0 amide bonds. The van der Waals surface area contributed by atoms with Crippen molar-refractivity contribution in [2.75, 3.05) is 0 Å². The average molecular weight is 625 g/mol. The zero-order valence-corrected chi connectivity index (χ0v) is 26.9. The van der Waals surface area contributed by atoms with Crippen LogP contribution < -0.4 is 0 Å². The zero-order chi connectivity index (χ0) is 31.4. The summed E-state index contributed by atoms with van der Waals surface area (Å²) in [5.74, 6) is 0. The quantitative estimate of drug-likeness (QED) is 0.179. The van der Waals surface area contributed by atoms with Gasteiger partial charge in [0.15, 0.2) is 0 Å². The Morgan fingerprint density at radius 3 is 1.75 bits per heavy atom. The molecule has 1 aromatic heterocycles. The Balaban J connectivity index is 1.22. The van der Waals surface area contributed by atoms with Gasteiger partial charge in [-0.1, -0.05) is 146 Å². The molecule has 0 bridgehead atoms. The summed E-state index contributed by atoms with van der Waals surface area (Å²) in [4.78, 5) is 0. The highest BCUT2D eigenvalue weighted by molar-refractivity contribution is 7.25. The largest absolute Gasteiger partial charge is 0.135 e. The van der Waals surface area contributed by atoms with Crippen LogP contribution in [0, 0.1) is 0 Å². The van der Waals surface area contributed by atoms with Crippen molar-refractivity contribution in [2.24, 2.45) is 0 Å². The van der Waals surface area contributed by atoms with Crippen molar-refractivity contribution in [3.8, 4) is 44.5 Å². The van der Waals surface area contributed by atoms with Crippen molar-refractivity contribution >= 4 is 42.3 Å². The predicted molar refractivity (Wildman–Crippen MR) is 204 cm³/mol. The lowest BCUT2D eigenvalue weighted by Crippen LogP contribution is -2.26. The van der Waals surface area contributed by atoms with Crippen LogP contribution in [0.3, 0.4) is 0 Å². The average Bonchev–Trinajstić information content (AvgIpc) is 3.78. The van der Waals surface area contributed by atoms with Crippen LogP contribution in [0.15, 0.2) is 170 Å². The van der Waals surface area contributed by atoms with Crippen LogP contribution in [0.1, 0.15) is 22.3 Å². The molecule has 0 saturated carbocycles. The third-order valence-electron chi connectivity index (χ3n) is 10.9. The molecule has 222 valence electrons. The fraction of sp³-hybridized carbons (Fsp3) is 0.0213. The number of thiophene rings is 1. The molecule has 0 unspecified atom stereocenters. The number of fused-ring (bicyclic) bond motifs is 15. The van der Waals surface area contributed by atoms with Crippen molar-refractivity contribution < 1.29 is 0 Å². The van der Waals surface area contributed by atoms with E-state index in [9.17, 15) is 0 Å². The summed E-state index contributed by atoms with van der Waals surface area (Å²) in [7, 11) is 0. The second kappa shape index (κ2) is 9.64. The highest BCUT2D eigenvalue weighted by Gasteiger charge is 2.52. The Kier molecular flexibility index (Phi) is 5.29. The van der Waals surface area contributed by atoms with Crippen molar-refractivity contribution in [3.63, 3.8) is 0 Å². The summed E-state index contributed by atoms with van der Waals surface area (Å²) in [5, 5.41) is 5.28. The monoisotopic (exact) mass is 624 g/mol. The minimum Gasteiger partial charge on any atom is -0.135 e. The SMILES string of the molecule is c1ccc(-c2ccc3c(c2)C2(c4ccccc4-c4ccccc42)c2c-3ccc3ccc(-c4ccc5c(c4)sc4ccccc45)cc23)cc1. The predicted octanol–water partition coefficient (Wildman–Crippen LogP) is 12.9. The fourth-order valence-corrected chi connectivity index (χ4v) is 10.0. The molecule has 0 N–H and O–H groups in total. The van der Waals surface area contributed by atoms with Crippen LogP contribution in [0.4, 0.5) is 0 Å².